The number of pyridine rings is 2. The molecule has 15 N–H and O–H groups in total. The molecule has 12 rings (SSSR count). The molecule has 612 valence electrons. The third kappa shape index (κ3) is 30.0. The van der Waals surface area contributed by atoms with Crippen LogP contribution in [0.4, 0.5) is 27.5 Å². The number of benzene rings is 4. The van der Waals surface area contributed by atoms with Gasteiger partial charge in [-0.3, -0.25) is 54.0 Å². The number of amides is 3. The number of aromatic carboxylic acids is 2. The Morgan fingerprint density at radius 3 is 1.31 bits per heavy atom. The Bertz CT molecular complexity index is 4270. The average molecular weight is 1590 g/mol. The number of likely N-dealkylation sites (tertiary alicyclic amines) is 2. The number of nitrogens with one attached hydrogen (secondary N) is 6. The molecule has 0 spiro atoms. The number of rotatable bonds is 19. The number of hydrogen-bond donors (Lipinski definition) is 14. The minimum absolute atomic E-state index is 0.0141. The summed E-state index contributed by atoms with van der Waals surface area (Å²) in [5, 5.41) is 83.3. The second-order valence-electron chi connectivity index (χ2n) is 29.1. The molecule has 6 atom stereocenters. The van der Waals surface area contributed by atoms with Crippen LogP contribution in [0.1, 0.15) is 149 Å². The van der Waals surface area contributed by atoms with Crippen molar-refractivity contribution < 1.29 is 78.8 Å². The number of carboxylic acid groups (broad SMARTS) is 3. The lowest BCUT2D eigenvalue weighted by Crippen LogP contribution is -2.47. The van der Waals surface area contributed by atoms with Crippen molar-refractivity contribution in [3.8, 4) is 0 Å². The summed E-state index contributed by atoms with van der Waals surface area (Å²) in [6, 6.07) is 35.2. The number of carbonyl (C=O) groups excluding carboxylic acids is 4. The van der Waals surface area contributed by atoms with E-state index in [2.05, 4.69) is 61.8 Å². The van der Waals surface area contributed by atoms with Gasteiger partial charge in [-0.1, -0.05) is 48.2 Å². The van der Waals surface area contributed by atoms with Crippen molar-refractivity contribution in [3.05, 3.63) is 179 Å². The fourth-order valence-corrected chi connectivity index (χ4v) is 13.5. The van der Waals surface area contributed by atoms with Crippen molar-refractivity contribution in [1.29, 1.82) is 0 Å². The van der Waals surface area contributed by atoms with Crippen LogP contribution in [0.3, 0.4) is 0 Å². The van der Waals surface area contributed by atoms with E-state index in [4.69, 9.17) is 25.4 Å². The van der Waals surface area contributed by atoms with Crippen LogP contribution in [0.5, 0.6) is 0 Å². The molecule has 114 heavy (non-hydrogen) atoms. The number of β-amino-alcohol motifs (C(OH)–C–C–N with tert-alkyl or cyclic N) is 4. The number of anilines is 4. The molecule has 3 amide bonds. The summed E-state index contributed by atoms with van der Waals surface area (Å²) in [7, 11) is 1.42. The highest BCUT2D eigenvalue weighted by atomic mass is 32.2. The monoisotopic (exact) mass is 1590 g/mol. The van der Waals surface area contributed by atoms with Crippen molar-refractivity contribution in [3.63, 3.8) is 0 Å². The van der Waals surface area contributed by atoms with Crippen LogP contribution >= 0.6 is 11.8 Å². The van der Waals surface area contributed by atoms with E-state index in [1.807, 2.05) is 95.0 Å². The number of aliphatic hydroxyl groups is 4. The van der Waals surface area contributed by atoms with Crippen LogP contribution in [-0.2, 0) is 19.1 Å². The molecule has 33 heteroatoms. The van der Waals surface area contributed by atoms with Gasteiger partial charge in [-0.2, -0.15) is 0 Å². The summed E-state index contributed by atoms with van der Waals surface area (Å²) < 4.78 is 10.1. The Kier molecular flexibility index (Phi) is 34.7. The number of aliphatic imine (C=N–C) groups is 4. The molecule has 32 nitrogen and oxygen atoms in total. The molecule has 6 aromatic rings. The number of guanidine groups is 3. The first-order valence-electron chi connectivity index (χ1n) is 37.9. The molecule has 2 aromatic heterocycles. The zero-order valence-corrected chi connectivity index (χ0v) is 65.7. The van der Waals surface area contributed by atoms with E-state index >= 15 is 0 Å². The standard InChI is InChI=1S/C27H35N5O4.C26H33N5O4.C11H13N3O3.C10H18N2O3S.C7H7NO2/c1-36-25(34)15-20(22-5-3-11-28-16-22)8-7-19-9-12-32(13-10-19)26(35)21-4-2-6-23(14-21)31-27-29-17-24(33)18-30-27;32-23-16-28-26(29-17-23)30-22-5-1-3-20(13-22)25(35)31-11-8-18(9-12-31)6-7-19(14-24(33)34)21-4-2-10-27-15-21;15-9-5-12-11(13-6-9)14-8-3-1-2-7(4-8)10(16)17;1-10(2,3)15-9(14)12-6-7(13)5-11-8(12)16-4;8-6-3-1-2-5(4-6)7(9)10/h2-6,11,14,16,19-20,24,33H,7-10,12-13,15,17-18H2,1H3,(H2,29,30,31);1-5,10,13,15,18-19,23,32H,6-9,11-12,14,16-17H2,(H,33,34)(H2,28,29,30);1-4,9,15H,5-6H2,(H,16,17)(H2,12,13,14);7,13H,5-6H2,1-4H3;1-4H,8H2,(H,9,10). The van der Waals surface area contributed by atoms with E-state index in [9.17, 15) is 59.1 Å². The van der Waals surface area contributed by atoms with Crippen molar-refractivity contribution >= 4 is 99.3 Å². The SMILES string of the molecule is COC(=O)CC(CCC1CCN(C(=O)c2cccc(NC3=NCC(O)CN3)c2)CC1)c1cccnc1.CSC1=NCC(O)CN1C(=O)OC(C)(C)C.Nc1cccc(C(=O)O)c1.O=C(O)CC(CCC1CCN(C(=O)c2cccc(NC3=NCC(O)CN3)c2)CC1)c1cccnc1.O=C(O)c1cccc(NC2=NCC(O)CN2)c1. The lowest BCUT2D eigenvalue weighted by Gasteiger charge is -2.33. The average Bonchev–Trinajstić information content (AvgIpc) is 0.844. The minimum atomic E-state index is -0.970. The van der Waals surface area contributed by atoms with E-state index in [0.717, 1.165) is 87.0 Å². The quantitative estimate of drug-likeness (QED) is 0.0270. The maximum absolute atomic E-state index is 13.2. The highest BCUT2D eigenvalue weighted by molar-refractivity contribution is 8.13. The van der Waals surface area contributed by atoms with Gasteiger partial charge in [0.15, 0.2) is 23.0 Å². The Morgan fingerprint density at radius 2 is 0.947 bits per heavy atom. The number of aliphatic carboxylic acids is 1. The first-order valence-corrected chi connectivity index (χ1v) is 39.2. The maximum Gasteiger partial charge on any atom is 0.416 e. The summed E-state index contributed by atoms with van der Waals surface area (Å²) >= 11 is 1.37. The topological polar surface area (TPSA) is 463 Å². The number of nitrogens with zero attached hydrogens (tertiary/aromatic N) is 9. The third-order valence-electron chi connectivity index (χ3n) is 19.0. The minimum Gasteiger partial charge on any atom is -0.481 e. The zero-order chi connectivity index (χ0) is 82.1. The Labute approximate surface area is 667 Å². The highest BCUT2D eigenvalue weighted by Crippen LogP contribution is 2.33. The molecule has 6 aliphatic heterocycles. The predicted molar refractivity (Wildman–Crippen MR) is 437 cm³/mol. The number of carboxylic acids is 3. The number of nitrogens with two attached hydrogens (primary N) is 1. The number of ether oxygens (including phenoxy) is 2. The fraction of sp³-hybridized carbons (Fsp3) is 0.444. The fourth-order valence-electron chi connectivity index (χ4n) is 13.0. The zero-order valence-electron chi connectivity index (χ0n) is 64.8. The van der Waals surface area contributed by atoms with Crippen LogP contribution in [-0.4, -0.2) is 247 Å². The molecule has 4 aromatic carbocycles. The lowest BCUT2D eigenvalue weighted by molar-refractivity contribution is -0.141. The summed E-state index contributed by atoms with van der Waals surface area (Å²) in [5.41, 5.74) is 11.2. The molecule has 2 saturated heterocycles. The number of thioether (sulfide) groups is 1. The van der Waals surface area contributed by atoms with E-state index < -0.39 is 54.0 Å². The Hall–Kier alpha value is -11.3. The van der Waals surface area contributed by atoms with Gasteiger partial charge >= 0.3 is 30.0 Å². The number of hydrogen-bond acceptors (Lipinski definition) is 27. The molecule has 0 saturated carbocycles. The van der Waals surface area contributed by atoms with Crippen molar-refractivity contribution in [2.45, 2.75) is 127 Å². The van der Waals surface area contributed by atoms with E-state index in [1.54, 1.807) is 63.6 Å². The Morgan fingerprint density at radius 1 is 0.544 bits per heavy atom. The van der Waals surface area contributed by atoms with E-state index in [1.165, 1.54) is 48.0 Å². The highest BCUT2D eigenvalue weighted by Gasteiger charge is 2.32. The van der Waals surface area contributed by atoms with Gasteiger partial charge in [-0.25, -0.2) is 14.4 Å². The first-order chi connectivity index (χ1) is 54.7. The largest absolute Gasteiger partial charge is 0.481 e. The number of piperidine rings is 2. The summed E-state index contributed by atoms with van der Waals surface area (Å²) in [6.45, 7) is 11.2. The van der Waals surface area contributed by atoms with Crippen LogP contribution < -0.4 is 37.6 Å². The predicted octanol–water partition coefficient (Wildman–Crippen LogP) is 7.90. The second kappa shape index (κ2) is 44.8. The number of aliphatic hydroxyl groups excluding tert-OH is 4. The first kappa shape index (κ1) is 88.3. The van der Waals surface area contributed by atoms with Gasteiger partial charge in [0, 0.05) is 104 Å². The number of amidine groups is 1. The van der Waals surface area contributed by atoms with Crippen LogP contribution in [0, 0.1) is 11.8 Å². The van der Waals surface area contributed by atoms with Gasteiger partial charge in [0.2, 0.25) is 0 Å². The molecule has 6 aliphatic rings. The maximum atomic E-state index is 13.2. The summed E-state index contributed by atoms with van der Waals surface area (Å²) in [6.07, 6.45) is 14.2. The van der Waals surface area contributed by atoms with Crippen LogP contribution in [0.25, 0.3) is 0 Å². The number of methoxy groups -OCH3 is 1. The van der Waals surface area contributed by atoms with Gasteiger partial charge in [0.25, 0.3) is 11.8 Å². The molecule has 0 radical (unpaired) electrons. The van der Waals surface area contributed by atoms with Crippen LogP contribution in [0.2, 0.25) is 0 Å². The number of esters is 1. The lowest BCUT2D eigenvalue weighted by atomic mass is 9.85. The van der Waals surface area contributed by atoms with Gasteiger partial charge in [0.05, 0.1) is 88.2 Å². The normalized spacial score (nSPS) is 18.7. The smallest absolute Gasteiger partial charge is 0.416 e. The van der Waals surface area contributed by atoms with Gasteiger partial charge in [-0.15, -0.1) is 0 Å². The van der Waals surface area contributed by atoms with Crippen LogP contribution in [0.15, 0.2) is 166 Å². The third-order valence-corrected chi connectivity index (χ3v) is 19.7. The number of nitrogen functional groups attached to an aromatic ring is 1. The summed E-state index contributed by atoms with van der Waals surface area (Å²) in [4.78, 5) is 113. The van der Waals surface area contributed by atoms with Crippen molar-refractivity contribution in [2.24, 2.45) is 31.8 Å². The Balaban J connectivity index is 0.000000192. The molecular formula is C81H106N16O16S. The van der Waals surface area contributed by atoms with E-state index in [0.29, 0.717) is 123 Å². The number of carbonyl (C=O) groups is 7. The van der Waals surface area contributed by atoms with E-state index in [-0.39, 0.29) is 53.7 Å². The molecule has 6 unspecified atom stereocenters. The van der Waals surface area contributed by atoms with Crippen molar-refractivity contribution in [1.82, 2.24) is 40.6 Å². The van der Waals surface area contributed by atoms with Crippen molar-refractivity contribution in [2.75, 3.05) is 114 Å². The van der Waals surface area contributed by atoms with Gasteiger partial charge in [0.1, 0.15) is 5.60 Å². The molecule has 0 bridgehead atoms. The molecule has 0 aliphatic carbocycles. The second-order valence-corrected chi connectivity index (χ2v) is 29.8. The molecule has 8 heterocycles. The molecular weight excluding hydrogens is 1490 g/mol. The molecule has 2 fully saturated rings. The van der Waals surface area contributed by atoms with Gasteiger partial charge in [-0.05, 0) is 198 Å². The summed E-state index contributed by atoms with van der Waals surface area (Å²) in [5.74, 6) is -0.0935. The van der Waals surface area contributed by atoms with Gasteiger partial charge < -0.3 is 92.7 Å². The number of aromatic nitrogens is 2.